The minimum atomic E-state index is -0.428. The van der Waals surface area contributed by atoms with Crippen LogP contribution in [0.1, 0.15) is 40.5 Å². The van der Waals surface area contributed by atoms with E-state index in [-0.39, 0.29) is 30.5 Å². The first-order valence-electron chi connectivity index (χ1n) is 16.1. The molecule has 2 heterocycles. The lowest BCUT2D eigenvalue weighted by Crippen LogP contribution is -2.29. The van der Waals surface area contributed by atoms with Crippen LogP contribution < -0.4 is 19.5 Å². The molecule has 12 heteroatoms. The summed E-state index contributed by atoms with van der Waals surface area (Å²) in [6.07, 6.45) is 0.737. The number of ether oxygens (including phenoxy) is 3. The van der Waals surface area contributed by atoms with Gasteiger partial charge in [0.05, 0.1) is 58.3 Å². The molecule has 4 aromatic carbocycles. The van der Waals surface area contributed by atoms with Crippen LogP contribution in [0.25, 0.3) is 0 Å². The van der Waals surface area contributed by atoms with Gasteiger partial charge in [0.15, 0.2) is 22.5 Å². The van der Waals surface area contributed by atoms with Gasteiger partial charge in [0.25, 0.3) is 5.91 Å². The van der Waals surface area contributed by atoms with Gasteiger partial charge in [-0.05, 0) is 47.0 Å². The molecule has 0 fully saturated rings. The Kier molecular flexibility index (Phi) is 11.1. The van der Waals surface area contributed by atoms with Gasteiger partial charge in [-0.25, -0.2) is 5.01 Å². The molecule has 256 valence electrons. The van der Waals surface area contributed by atoms with Crippen molar-refractivity contribution in [1.82, 2.24) is 25.1 Å². The molecule has 5 aromatic rings. The van der Waals surface area contributed by atoms with Crippen molar-refractivity contribution in [2.75, 3.05) is 27.1 Å². The number of hydrogen-bond acceptors (Lipinski definition) is 9. The van der Waals surface area contributed by atoms with Crippen LogP contribution in [-0.2, 0) is 29.1 Å². The highest BCUT2D eigenvalue weighted by Crippen LogP contribution is 2.42. The van der Waals surface area contributed by atoms with E-state index in [1.165, 1.54) is 16.8 Å². The maximum atomic E-state index is 14.1. The Morgan fingerprint density at radius 2 is 1.54 bits per heavy atom. The van der Waals surface area contributed by atoms with Crippen LogP contribution >= 0.6 is 11.8 Å². The monoisotopic (exact) mass is 690 g/mol. The number of carbonyl (C=O) groups is 2. The maximum Gasteiger partial charge on any atom is 0.253 e. The van der Waals surface area contributed by atoms with E-state index in [9.17, 15) is 9.59 Å². The molecule has 0 aliphatic carbocycles. The number of hydrogen-bond donors (Lipinski definition) is 1. The molecule has 11 nitrogen and oxygen atoms in total. The van der Waals surface area contributed by atoms with Gasteiger partial charge in [-0.3, -0.25) is 9.59 Å². The number of amides is 2. The number of aromatic nitrogens is 3. The van der Waals surface area contributed by atoms with Gasteiger partial charge < -0.3 is 24.1 Å². The quantitative estimate of drug-likeness (QED) is 0.148. The number of para-hydroxylation sites is 1. The molecule has 6 rings (SSSR count). The largest absolute Gasteiger partial charge is 0.497 e. The fourth-order valence-corrected chi connectivity index (χ4v) is 6.62. The molecule has 1 unspecified atom stereocenters. The molecule has 1 aliphatic heterocycles. The predicted molar refractivity (Wildman–Crippen MR) is 192 cm³/mol. The highest BCUT2D eigenvalue weighted by Gasteiger charge is 2.36. The predicted octanol–water partition coefficient (Wildman–Crippen LogP) is 5.68. The zero-order chi connectivity index (χ0) is 34.9. The second-order valence-electron chi connectivity index (χ2n) is 11.5. The molecule has 50 heavy (non-hydrogen) atoms. The van der Waals surface area contributed by atoms with Gasteiger partial charge in [-0.15, -0.1) is 10.2 Å². The van der Waals surface area contributed by atoms with Crippen molar-refractivity contribution in [2.45, 2.75) is 37.1 Å². The first-order valence-corrected chi connectivity index (χ1v) is 17.1. The van der Waals surface area contributed by atoms with Crippen molar-refractivity contribution in [3.63, 3.8) is 0 Å². The summed E-state index contributed by atoms with van der Waals surface area (Å²) < 4.78 is 18.6. The third kappa shape index (κ3) is 7.98. The Morgan fingerprint density at radius 3 is 2.22 bits per heavy atom. The zero-order valence-corrected chi connectivity index (χ0v) is 28.9. The minimum absolute atomic E-state index is 0.0511. The van der Waals surface area contributed by atoms with E-state index >= 15 is 0 Å². The molecule has 1 atom stereocenters. The van der Waals surface area contributed by atoms with E-state index in [1.807, 2.05) is 108 Å². The smallest absolute Gasteiger partial charge is 0.253 e. The summed E-state index contributed by atoms with van der Waals surface area (Å²) in [5.41, 5.74) is 4.41. The van der Waals surface area contributed by atoms with Crippen molar-refractivity contribution in [3.05, 3.63) is 131 Å². The Balaban J connectivity index is 1.24. The van der Waals surface area contributed by atoms with Gasteiger partial charge in [0, 0.05) is 12.0 Å². The first kappa shape index (κ1) is 34.3. The third-order valence-electron chi connectivity index (χ3n) is 8.33. The van der Waals surface area contributed by atoms with Crippen LogP contribution in [0.2, 0.25) is 0 Å². The second kappa shape index (κ2) is 16.2. The summed E-state index contributed by atoms with van der Waals surface area (Å²) in [6.45, 7) is 0.667. The summed E-state index contributed by atoms with van der Waals surface area (Å²) in [5, 5.41) is 18.8. The number of rotatable bonds is 14. The van der Waals surface area contributed by atoms with Gasteiger partial charge >= 0.3 is 0 Å². The summed E-state index contributed by atoms with van der Waals surface area (Å²) >= 11 is 1.28. The Labute approximate surface area is 295 Å². The van der Waals surface area contributed by atoms with Crippen molar-refractivity contribution in [2.24, 2.45) is 5.10 Å². The fraction of sp³-hybridized carbons (Fsp3) is 0.237. The topological polar surface area (TPSA) is 120 Å². The van der Waals surface area contributed by atoms with Crippen LogP contribution in [0, 0.1) is 0 Å². The number of nitrogens with one attached hydrogen (secondary N) is 1. The second-order valence-corrected chi connectivity index (χ2v) is 12.5. The number of thioether (sulfide) groups is 1. The summed E-state index contributed by atoms with van der Waals surface area (Å²) in [5.74, 6) is 2.17. The number of hydrazone groups is 1. The SMILES string of the molecule is COc1ccc(C2=NN(C(=O)CSc3nnc(CNC(=O)Cc4ccccc4)n3Cc3ccccc3)C(c3cccc(OC)c3OC)C2)cc1. The molecule has 1 N–H and O–H groups in total. The Hall–Kier alpha value is -5.62. The van der Waals surface area contributed by atoms with Crippen LogP contribution in [0.3, 0.4) is 0 Å². The summed E-state index contributed by atoms with van der Waals surface area (Å²) in [4.78, 5) is 26.8. The fourth-order valence-electron chi connectivity index (χ4n) is 5.81. The van der Waals surface area contributed by atoms with Crippen molar-refractivity contribution in [1.29, 1.82) is 0 Å². The lowest BCUT2D eigenvalue weighted by molar-refractivity contribution is -0.130. The standard InChI is InChI=1S/C38H38N6O5S/c1-47-29-19-17-28(18-20-29)31-22-32(30-15-10-16-33(48-2)37(30)49-3)44(42-31)36(46)25-50-38-41-40-34(43(38)24-27-13-8-5-9-14-27)23-39-35(45)21-26-11-6-4-7-12-26/h4-20,32H,21-25H2,1-3H3,(H,39,45). The zero-order valence-electron chi connectivity index (χ0n) is 28.1. The first-order chi connectivity index (χ1) is 24.5. The number of nitrogens with zero attached hydrogens (tertiary/aromatic N) is 5. The van der Waals surface area contributed by atoms with E-state index in [0.29, 0.717) is 35.4 Å². The lowest BCUT2D eigenvalue weighted by atomic mass is 9.97. The molecule has 1 aromatic heterocycles. The summed E-state index contributed by atoms with van der Waals surface area (Å²) in [7, 11) is 4.80. The van der Waals surface area contributed by atoms with E-state index in [2.05, 4.69) is 15.5 Å². The van der Waals surface area contributed by atoms with Gasteiger partial charge in [0.2, 0.25) is 5.91 Å². The average molecular weight is 691 g/mol. The van der Waals surface area contributed by atoms with Crippen LogP contribution in [0.15, 0.2) is 113 Å². The normalized spacial score (nSPS) is 13.9. The third-order valence-corrected chi connectivity index (χ3v) is 9.29. The highest BCUT2D eigenvalue weighted by atomic mass is 32.2. The van der Waals surface area contributed by atoms with E-state index in [0.717, 1.165) is 33.7 Å². The lowest BCUT2D eigenvalue weighted by Gasteiger charge is -2.24. The molecule has 0 saturated carbocycles. The van der Waals surface area contributed by atoms with E-state index < -0.39 is 6.04 Å². The molecule has 0 radical (unpaired) electrons. The molecule has 0 bridgehead atoms. The average Bonchev–Trinajstić information content (AvgIpc) is 3.78. The molecular formula is C38H38N6O5S. The summed E-state index contributed by atoms with van der Waals surface area (Å²) in [6, 6.07) is 32.3. The number of methoxy groups -OCH3 is 3. The van der Waals surface area contributed by atoms with Crippen LogP contribution in [0.5, 0.6) is 17.2 Å². The van der Waals surface area contributed by atoms with Crippen molar-refractivity contribution >= 4 is 29.3 Å². The van der Waals surface area contributed by atoms with Gasteiger partial charge in [-0.1, -0.05) is 84.6 Å². The Morgan fingerprint density at radius 1 is 0.820 bits per heavy atom. The van der Waals surface area contributed by atoms with Crippen LogP contribution in [0.4, 0.5) is 0 Å². The van der Waals surface area contributed by atoms with E-state index in [4.69, 9.17) is 19.3 Å². The van der Waals surface area contributed by atoms with Gasteiger partial charge in [0.1, 0.15) is 5.75 Å². The molecule has 2 amide bonds. The van der Waals surface area contributed by atoms with Crippen molar-refractivity contribution in [3.8, 4) is 17.2 Å². The number of benzene rings is 4. The minimum Gasteiger partial charge on any atom is -0.497 e. The van der Waals surface area contributed by atoms with Crippen molar-refractivity contribution < 1.29 is 23.8 Å². The van der Waals surface area contributed by atoms with Crippen LogP contribution in [-0.4, -0.2) is 64.4 Å². The molecule has 0 spiro atoms. The molecule has 0 saturated heterocycles. The molecular weight excluding hydrogens is 653 g/mol. The maximum absolute atomic E-state index is 14.1. The highest BCUT2D eigenvalue weighted by molar-refractivity contribution is 7.99. The van der Waals surface area contributed by atoms with Gasteiger partial charge in [-0.2, -0.15) is 5.10 Å². The number of carbonyl (C=O) groups excluding carboxylic acids is 2. The molecule has 1 aliphatic rings. The Bertz CT molecular complexity index is 1950. The van der Waals surface area contributed by atoms with E-state index in [1.54, 1.807) is 21.3 Å².